The molecule has 4 rings (SSSR count). The summed E-state index contributed by atoms with van der Waals surface area (Å²) in [5, 5.41) is 10.4. The van der Waals surface area contributed by atoms with E-state index in [1.807, 2.05) is 98.8 Å². The monoisotopic (exact) mass is 516 g/mol. The zero-order valence-corrected chi connectivity index (χ0v) is 21.4. The number of nitrogens with zero attached hydrogens (tertiary/aromatic N) is 3. The molecule has 0 amide bonds. The lowest BCUT2D eigenvalue weighted by Crippen LogP contribution is -2.39. The maximum absolute atomic E-state index is 6.30. The van der Waals surface area contributed by atoms with Gasteiger partial charge in [0, 0.05) is 22.1 Å². The summed E-state index contributed by atoms with van der Waals surface area (Å²) in [4.78, 5) is 13.5. The Morgan fingerprint density at radius 2 is 1.50 bits per heavy atom. The number of anilines is 2. The van der Waals surface area contributed by atoms with Gasteiger partial charge in [-0.1, -0.05) is 48.0 Å². The van der Waals surface area contributed by atoms with E-state index in [0.29, 0.717) is 28.6 Å². The number of hydrogen-bond acceptors (Lipinski definition) is 5. The van der Waals surface area contributed by atoms with E-state index in [9.17, 15) is 0 Å². The first kappa shape index (κ1) is 25.1. The van der Waals surface area contributed by atoms with E-state index >= 15 is 0 Å². The van der Waals surface area contributed by atoms with Gasteiger partial charge < -0.3 is 15.4 Å². The van der Waals surface area contributed by atoms with E-state index in [0.717, 1.165) is 34.1 Å². The maximum Gasteiger partial charge on any atom is 0.229 e. The predicted octanol–water partition coefficient (Wildman–Crippen LogP) is 6.49. The molecule has 0 unspecified atom stereocenters. The van der Waals surface area contributed by atoms with Gasteiger partial charge in [0.1, 0.15) is 11.5 Å². The molecule has 0 aliphatic heterocycles. The second-order valence-electron chi connectivity index (χ2n) is 7.87. The van der Waals surface area contributed by atoms with Crippen LogP contribution in [-0.2, 0) is 6.54 Å². The Kier molecular flexibility index (Phi) is 8.44. The molecule has 36 heavy (non-hydrogen) atoms. The Morgan fingerprint density at radius 3 is 2.19 bits per heavy atom. The van der Waals surface area contributed by atoms with Crippen molar-refractivity contribution in [3.8, 4) is 11.5 Å². The summed E-state index contributed by atoms with van der Waals surface area (Å²) in [7, 11) is 0. The van der Waals surface area contributed by atoms with E-state index < -0.39 is 0 Å². The molecule has 0 fully saturated rings. The van der Waals surface area contributed by atoms with Crippen LogP contribution in [0.1, 0.15) is 17.0 Å². The van der Waals surface area contributed by atoms with Gasteiger partial charge in [0.15, 0.2) is 5.11 Å². The van der Waals surface area contributed by atoms with Crippen molar-refractivity contribution in [2.75, 3.05) is 10.6 Å². The van der Waals surface area contributed by atoms with E-state index in [2.05, 4.69) is 30.9 Å². The normalized spacial score (nSPS) is 11.0. The van der Waals surface area contributed by atoms with Crippen molar-refractivity contribution >= 4 is 46.5 Å². The summed E-state index contributed by atoms with van der Waals surface area (Å²) in [6.07, 6.45) is 0. The van der Waals surface area contributed by atoms with Crippen molar-refractivity contribution in [2.24, 2.45) is 4.99 Å². The van der Waals surface area contributed by atoms with Crippen LogP contribution in [0.3, 0.4) is 0 Å². The molecular formula is C27H25ClN6OS. The van der Waals surface area contributed by atoms with Crippen molar-refractivity contribution in [1.82, 2.24) is 15.3 Å². The van der Waals surface area contributed by atoms with Crippen LogP contribution in [0, 0.1) is 13.8 Å². The first-order valence-corrected chi connectivity index (χ1v) is 12.0. The van der Waals surface area contributed by atoms with Gasteiger partial charge in [0.05, 0.1) is 6.54 Å². The number of aryl methyl sites for hydroxylation is 2. The largest absolute Gasteiger partial charge is 0.457 e. The molecular weight excluding hydrogens is 492 g/mol. The number of aliphatic imine (C=N–C) groups is 1. The fourth-order valence-electron chi connectivity index (χ4n) is 3.29. The second kappa shape index (κ2) is 12.1. The molecule has 182 valence electrons. The Labute approximate surface area is 220 Å². The molecule has 0 bridgehead atoms. The molecule has 1 aromatic heterocycles. The molecule has 0 atom stereocenters. The van der Waals surface area contributed by atoms with Crippen LogP contribution in [0.2, 0.25) is 5.02 Å². The van der Waals surface area contributed by atoms with Crippen LogP contribution in [0.4, 0.5) is 11.6 Å². The van der Waals surface area contributed by atoms with Gasteiger partial charge in [0.25, 0.3) is 0 Å². The van der Waals surface area contributed by atoms with Crippen LogP contribution in [0.25, 0.3) is 0 Å². The molecule has 0 radical (unpaired) electrons. The Morgan fingerprint density at radius 1 is 0.861 bits per heavy atom. The molecule has 0 aliphatic rings. The van der Waals surface area contributed by atoms with Gasteiger partial charge in [-0.2, -0.15) is 0 Å². The molecule has 0 aliphatic carbocycles. The van der Waals surface area contributed by atoms with Gasteiger partial charge in [-0.15, -0.1) is 0 Å². The summed E-state index contributed by atoms with van der Waals surface area (Å²) in [6.45, 7) is 4.16. The smallest absolute Gasteiger partial charge is 0.229 e. The number of benzene rings is 3. The lowest BCUT2D eigenvalue weighted by atomic mass is 10.2. The third-order valence-corrected chi connectivity index (χ3v) is 5.47. The molecule has 0 saturated heterocycles. The molecule has 1 heterocycles. The number of guanidine groups is 1. The molecule has 0 spiro atoms. The molecule has 4 aromatic rings. The minimum Gasteiger partial charge on any atom is -0.457 e. The minimum atomic E-state index is 0.341. The molecule has 9 heteroatoms. The molecule has 3 aromatic carbocycles. The van der Waals surface area contributed by atoms with Crippen LogP contribution in [0.5, 0.6) is 11.5 Å². The highest BCUT2D eigenvalue weighted by molar-refractivity contribution is 7.80. The van der Waals surface area contributed by atoms with Gasteiger partial charge in [-0.05, 0) is 80.2 Å². The number of hydrogen-bond donors (Lipinski definition) is 3. The summed E-state index contributed by atoms with van der Waals surface area (Å²) in [5.74, 6) is 2.31. The molecule has 3 N–H and O–H groups in total. The van der Waals surface area contributed by atoms with Crippen LogP contribution >= 0.6 is 23.8 Å². The van der Waals surface area contributed by atoms with E-state index in [4.69, 9.17) is 28.6 Å². The van der Waals surface area contributed by atoms with E-state index in [1.54, 1.807) is 0 Å². The van der Waals surface area contributed by atoms with Gasteiger partial charge in [-0.25, -0.2) is 15.0 Å². The third kappa shape index (κ3) is 7.49. The van der Waals surface area contributed by atoms with Crippen molar-refractivity contribution < 1.29 is 4.74 Å². The lowest BCUT2D eigenvalue weighted by molar-refractivity contribution is 0.483. The number of para-hydroxylation sites is 1. The Hall–Kier alpha value is -4.01. The first-order chi connectivity index (χ1) is 17.4. The minimum absolute atomic E-state index is 0.341. The van der Waals surface area contributed by atoms with E-state index in [-0.39, 0.29) is 0 Å². The highest BCUT2D eigenvalue weighted by Crippen LogP contribution is 2.22. The highest BCUT2D eigenvalue weighted by Gasteiger charge is 2.08. The summed E-state index contributed by atoms with van der Waals surface area (Å²) >= 11 is 11.8. The van der Waals surface area contributed by atoms with Crippen molar-refractivity contribution in [3.05, 3.63) is 107 Å². The van der Waals surface area contributed by atoms with Crippen molar-refractivity contribution in [1.29, 1.82) is 0 Å². The fourth-order valence-corrected chi connectivity index (χ4v) is 3.70. The zero-order valence-electron chi connectivity index (χ0n) is 19.8. The SMILES string of the molecule is Cc1cc(C)nc(NC(=NCc2ccccc2Cl)NC(=S)Nc2ccc(Oc3ccccc3)cc2)n1. The fraction of sp³-hybridized carbons (Fsp3) is 0.111. The Balaban J connectivity index is 1.45. The average molecular weight is 517 g/mol. The highest BCUT2D eigenvalue weighted by atomic mass is 35.5. The quantitative estimate of drug-likeness (QED) is 0.153. The predicted molar refractivity (Wildman–Crippen MR) is 150 cm³/mol. The average Bonchev–Trinajstić information content (AvgIpc) is 2.84. The van der Waals surface area contributed by atoms with E-state index in [1.165, 1.54) is 0 Å². The van der Waals surface area contributed by atoms with Crippen LogP contribution in [0.15, 0.2) is 89.9 Å². The topological polar surface area (TPSA) is 83.5 Å². The number of thiocarbonyl (C=S) groups is 1. The lowest BCUT2D eigenvalue weighted by Gasteiger charge is -2.15. The summed E-state index contributed by atoms with van der Waals surface area (Å²) in [6, 6.07) is 26.6. The number of rotatable bonds is 6. The summed E-state index contributed by atoms with van der Waals surface area (Å²) < 4.78 is 5.84. The number of nitrogens with one attached hydrogen (secondary N) is 3. The van der Waals surface area contributed by atoms with Gasteiger partial charge >= 0.3 is 0 Å². The van der Waals surface area contributed by atoms with Crippen LogP contribution < -0.4 is 20.7 Å². The van der Waals surface area contributed by atoms with Crippen molar-refractivity contribution in [2.45, 2.75) is 20.4 Å². The maximum atomic E-state index is 6.30. The van der Waals surface area contributed by atoms with Crippen molar-refractivity contribution in [3.63, 3.8) is 0 Å². The molecule has 7 nitrogen and oxygen atoms in total. The summed E-state index contributed by atoms with van der Waals surface area (Å²) in [5.41, 5.74) is 3.36. The second-order valence-corrected chi connectivity index (χ2v) is 8.69. The Bertz CT molecular complexity index is 1340. The molecule has 0 saturated carbocycles. The van der Waals surface area contributed by atoms with Gasteiger partial charge in [-0.3, -0.25) is 5.32 Å². The number of aromatic nitrogens is 2. The number of ether oxygens (including phenoxy) is 1. The number of halogens is 1. The zero-order chi connectivity index (χ0) is 25.3. The third-order valence-electron chi connectivity index (χ3n) is 4.90. The van der Waals surface area contributed by atoms with Crippen LogP contribution in [-0.4, -0.2) is 21.0 Å². The standard InChI is InChI=1S/C27H25ClN6OS/c1-18-16-19(2)31-26(30-18)33-25(29-17-20-8-6-7-11-24(20)28)34-27(36)32-21-12-14-23(15-13-21)35-22-9-4-3-5-10-22/h3-16H,17H2,1-2H3,(H3,29,30,31,32,33,34,36). The first-order valence-electron chi connectivity index (χ1n) is 11.2. The van der Waals surface area contributed by atoms with Gasteiger partial charge in [0.2, 0.25) is 11.9 Å².